The highest BCUT2D eigenvalue weighted by Crippen LogP contribution is 2.28. The van der Waals surface area contributed by atoms with Crippen molar-refractivity contribution in [1.29, 1.82) is 0 Å². The van der Waals surface area contributed by atoms with Crippen LogP contribution in [0.2, 0.25) is 0 Å². The summed E-state index contributed by atoms with van der Waals surface area (Å²) in [5, 5.41) is 13.2. The number of aromatic amines is 2. The zero-order valence-corrected chi connectivity index (χ0v) is 19.9. The molecular formula is C25H23N9S. The summed E-state index contributed by atoms with van der Waals surface area (Å²) in [5.41, 5.74) is 12.0. The van der Waals surface area contributed by atoms with Crippen LogP contribution < -0.4 is 21.2 Å². The number of nitrogens with two attached hydrogens (primary N) is 1. The lowest BCUT2D eigenvalue weighted by Crippen LogP contribution is -2.56. The molecule has 5 aromatic rings. The molecule has 6 heterocycles. The summed E-state index contributed by atoms with van der Waals surface area (Å²) in [7, 11) is 0. The highest BCUT2D eigenvalue weighted by Gasteiger charge is 2.24. The molecular weight excluding hydrogens is 458 g/mol. The van der Waals surface area contributed by atoms with Gasteiger partial charge in [-0.3, -0.25) is 15.1 Å². The van der Waals surface area contributed by atoms with Crippen LogP contribution in [0.5, 0.6) is 0 Å². The van der Waals surface area contributed by atoms with E-state index in [-0.39, 0.29) is 6.04 Å². The van der Waals surface area contributed by atoms with Gasteiger partial charge in [-0.05, 0) is 36.1 Å². The molecule has 1 saturated heterocycles. The molecule has 1 aliphatic heterocycles. The molecule has 10 heteroatoms. The minimum atomic E-state index is 0.209. The van der Waals surface area contributed by atoms with E-state index < -0.39 is 0 Å². The smallest absolute Gasteiger partial charge is 0.159 e. The summed E-state index contributed by atoms with van der Waals surface area (Å²) in [6.45, 7) is 7.86. The molecule has 0 saturated carbocycles. The Morgan fingerprint density at radius 1 is 1.23 bits per heavy atom. The Hall–Kier alpha value is -4.15. The average molecular weight is 482 g/mol. The number of nitrogens with one attached hydrogen (secondary N) is 2. The van der Waals surface area contributed by atoms with Gasteiger partial charge in [0.1, 0.15) is 17.0 Å². The van der Waals surface area contributed by atoms with Gasteiger partial charge in [0.05, 0.1) is 34.6 Å². The first kappa shape index (κ1) is 21.4. The Balaban J connectivity index is 1.31. The molecule has 6 rings (SSSR count). The number of fused-ring (bicyclic) bond motifs is 1. The number of hydrogen-bond acceptors (Lipinski definition) is 8. The quantitative estimate of drug-likeness (QED) is 0.352. The van der Waals surface area contributed by atoms with Crippen molar-refractivity contribution in [2.75, 3.05) is 18.0 Å². The number of thiophene rings is 1. The molecule has 0 amide bonds. The molecule has 1 aliphatic rings. The van der Waals surface area contributed by atoms with Crippen LogP contribution in [0, 0.1) is 0 Å². The van der Waals surface area contributed by atoms with Gasteiger partial charge in [0, 0.05) is 41.5 Å². The van der Waals surface area contributed by atoms with Crippen molar-refractivity contribution < 1.29 is 0 Å². The van der Waals surface area contributed by atoms with E-state index in [1.807, 2.05) is 36.6 Å². The van der Waals surface area contributed by atoms with Crippen LogP contribution in [0.25, 0.3) is 52.0 Å². The third-order valence-corrected chi connectivity index (χ3v) is 6.76. The molecule has 0 spiro atoms. The van der Waals surface area contributed by atoms with Gasteiger partial charge >= 0.3 is 0 Å². The molecule has 0 atom stereocenters. The predicted octanol–water partition coefficient (Wildman–Crippen LogP) is 2.31. The standard InChI is InChI=1S/C25H23N9S/c1-14(20-9-27-10-21(29-20)34-11-17(26)12-34)3-4-18-15(2)22(33-32-18)25-30-19-5-7-28-23(24(19)31-25)16-6-8-35-13-16/h3-10,13,17,32H,2,11-12,26H2,1H3,(H,30,31)/b14-3+,18-4+. The largest absolute Gasteiger partial charge is 0.352 e. The Kier molecular flexibility index (Phi) is 5.24. The zero-order chi connectivity index (χ0) is 23.9. The number of hydrogen-bond donors (Lipinski definition) is 3. The monoisotopic (exact) mass is 481 g/mol. The van der Waals surface area contributed by atoms with Crippen molar-refractivity contribution in [3.05, 3.63) is 63.8 Å². The van der Waals surface area contributed by atoms with Crippen LogP contribution in [0.3, 0.4) is 0 Å². The number of H-pyrrole nitrogens is 2. The third kappa shape index (κ3) is 3.92. The van der Waals surface area contributed by atoms with Crippen molar-refractivity contribution >= 4 is 46.4 Å². The van der Waals surface area contributed by atoms with Crippen LogP contribution >= 0.6 is 11.3 Å². The van der Waals surface area contributed by atoms with Crippen molar-refractivity contribution in [2.45, 2.75) is 13.0 Å². The zero-order valence-electron chi connectivity index (χ0n) is 19.1. The summed E-state index contributed by atoms with van der Waals surface area (Å²) in [6.07, 6.45) is 9.25. The minimum absolute atomic E-state index is 0.209. The fraction of sp³-hybridized carbons (Fsp3) is 0.160. The topological polar surface area (TPSA) is 125 Å². The van der Waals surface area contributed by atoms with E-state index in [0.29, 0.717) is 11.5 Å². The van der Waals surface area contributed by atoms with Crippen molar-refractivity contribution in [1.82, 2.24) is 35.1 Å². The molecule has 0 unspecified atom stereocenters. The van der Waals surface area contributed by atoms with E-state index >= 15 is 0 Å². The van der Waals surface area contributed by atoms with Gasteiger partial charge in [-0.25, -0.2) is 9.97 Å². The van der Waals surface area contributed by atoms with Crippen LogP contribution in [0.1, 0.15) is 12.6 Å². The van der Waals surface area contributed by atoms with Gasteiger partial charge in [0.15, 0.2) is 5.82 Å². The predicted molar refractivity (Wildman–Crippen MR) is 140 cm³/mol. The van der Waals surface area contributed by atoms with Gasteiger partial charge in [0.2, 0.25) is 0 Å². The van der Waals surface area contributed by atoms with Gasteiger partial charge in [0.25, 0.3) is 0 Å². The Morgan fingerprint density at radius 3 is 2.91 bits per heavy atom. The van der Waals surface area contributed by atoms with Crippen molar-refractivity contribution in [3.8, 4) is 22.8 Å². The average Bonchev–Trinajstić information content (AvgIpc) is 3.60. The van der Waals surface area contributed by atoms with E-state index in [9.17, 15) is 0 Å². The van der Waals surface area contributed by atoms with Gasteiger partial charge < -0.3 is 15.6 Å². The number of nitrogens with zero attached hydrogens (tertiary/aromatic N) is 6. The van der Waals surface area contributed by atoms with E-state index in [1.165, 1.54) is 0 Å². The van der Waals surface area contributed by atoms with Crippen LogP contribution in [-0.2, 0) is 0 Å². The van der Waals surface area contributed by atoms with E-state index in [2.05, 4.69) is 42.0 Å². The molecule has 9 nitrogen and oxygen atoms in total. The molecule has 0 radical (unpaired) electrons. The molecule has 5 aromatic heterocycles. The lowest BCUT2D eigenvalue weighted by atomic mass is 10.1. The highest BCUT2D eigenvalue weighted by atomic mass is 32.1. The Bertz CT molecular complexity index is 1660. The van der Waals surface area contributed by atoms with Gasteiger partial charge in [-0.15, -0.1) is 0 Å². The molecule has 0 bridgehead atoms. The first-order valence-corrected chi connectivity index (χ1v) is 12.1. The summed E-state index contributed by atoms with van der Waals surface area (Å²) < 4.78 is 0. The second-order valence-electron chi connectivity index (χ2n) is 8.56. The molecule has 174 valence electrons. The fourth-order valence-corrected chi connectivity index (χ4v) is 4.70. The molecule has 4 N–H and O–H groups in total. The SMILES string of the molecule is C=c1c(-c2nc3c(-c4ccsc4)nccc3[nH]2)n[nH]/c1=C/C=C(\C)c1cncc(N2CC(N)C2)n1. The number of anilines is 1. The molecule has 35 heavy (non-hydrogen) atoms. The molecule has 0 aliphatic carbocycles. The third-order valence-electron chi connectivity index (χ3n) is 6.08. The van der Waals surface area contributed by atoms with Gasteiger partial charge in [-0.2, -0.15) is 16.4 Å². The Labute approximate surface area is 204 Å². The highest BCUT2D eigenvalue weighted by molar-refractivity contribution is 7.08. The summed E-state index contributed by atoms with van der Waals surface area (Å²) in [4.78, 5) is 23.9. The second-order valence-corrected chi connectivity index (χ2v) is 9.34. The number of allylic oxidation sites excluding steroid dienone is 2. The number of pyridine rings is 1. The first-order valence-electron chi connectivity index (χ1n) is 11.2. The number of aromatic nitrogens is 7. The van der Waals surface area contributed by atoms with E-state index in [0.717, 1.165) is 63.0 Å². The molecule has 1 fully saturated rings. The maximum Gasteiger partial charge on any atom is 0.159 e. The summed E-state index contributed by atoms with van der Waals surface area (Å²) >= 11 is 1.63. The normalized spacial score (nSPS) is 15.2. The lowest BCUT2D eigenvalue weighted by Gasteiger charge is -2.37. The maximum absolute atomic E-state index is 5.89. The van der Waals surface area contributed by atoms with Crippen LogP contribution in [-0.4, -0.2) is 54.2 Å². The van der Waals surface area contributed by atoms with E-state index in [4.69, 9.17) is 15.7 Å². The van der Waals surface area contributed by atoms with Gasteiger partial charge in [-0.1, -0.05) is 12.7 Å². The summed E-state index contributed by atoms with van der Waals surface area (Å²) in [6, 6.07) is 4.17. The molecule has 0 aromatic carbocycles. The number of imidazole rings is 1. The fourth-order valence-electron chi connectivity index (χ4n) is 4.06. The lowest BCUT2D eigenvalue weighted by molar-refractivity contribution is 0.513. The maximum atomic E-state index is 5.89. The van der Waals surface area contributed by atoms with Crippen LogP contribution in [0.15, 0.2) is 47.6 Å². The first-order chi connectivity index (χ1) is 17.1. The second kappa shape index (κ2) is 8.57. The summed E-state index contributed by atoms with van der Waals surface area (Å²) in [5.74, 6) is 1.50. The Morgan fingerprint density at radius 2 is 2.11 bits per heavy atom. The minimum Gasteiger partial charge on any atom is -0.352 e. The number of rotatable bonds is 5. The van der Waals surface area contributed by atoms with Crippen LogP contribution in [0.4, 0.5) is 5.82 Å². The van der Waals surface area contributed by atoms with Crippen molar-refractivity contribution in [3.63, 3.8) is 0 Å². The van der Waals surface area contributed by atoms with Crippen molar-refractivity contribution in [2.24, 2.45) is 5.73 Å². The van der Waals surface area contributed by atoms with E-state index in [1.54, 1.807) is 29.9 Å².